The molecule has 1 unspecified atom stereocenters. The number of aliphatic carboxylic acids is 1. The van der Waals surface area contributed by atoms with Gasteiger partial charge in [0.25, 0.3) is 0 Å². The molecule has 0 saturated carbocycles. The Morgan fingerprint density at radius 1 is 1.50 bits per heavy atom. The van der Waals surface area contributed by atoms with Crippen LogP contribution in [0.3, 0.4) is 0 Å². The Balaban J connectivity index is 2.16. The number of hydrogen-bond donors (Lipinski definition) is 1. The highest BCUT2D eigenvalue weighted by Gasteiger charge is 2.32. The molecule has 1 aromatic rings. The highest BCUT2D eigenvalue weighted by Crippen LogP contribution is 2.29. The first kappa shape index (κ1) is 13.4. The van der Waals surface area contributed by atoms with Crippen LogP contribution in [0, 0.1) is 0 Å². The number of rotatable bonds is 5. The number of thioether (sulfide) groups is 1. The fourth-order valence-electron chi connectivity index (χ4n) is 2.47. The zero-order valence-electron chi connectivity index (χ0n) is 10.6. The van der Waals surface area contributed by atoms with Crippen molar-refractivity contribution in [2.24, 2.45) is 0 Å². The van der Waals surface area contributed by atoms with Gasteiger partial charge in [-0.15, -0.1) is 0 Å². The minimum Gasteiger partial charge on any atom is -0.480 e. The number of fused-ring (bicyclic) bond motifs is 1. The predicted molar refractivity (Wildman–Crippen MR) is 75.1 cm³/mol. The Morgan fingerprint density at radius 2 is 2.28 bits per heavy atom. The minimum atomic E-state index is -0.733. The van der Waals surface area contributed by atoms with Gasteiger partial charge in [-0.05, 0) is 23.3 Å². The molecule has 1 heterocycles. The molecular formula is C14H19NO2S. The average Bonchev–Trinajstić information content (AvgIpc) is 2.38. The fourth-order valence-corrected chi connectivity index (χ4v) is 3.13. The van der Waals surface area contributed by atoms with Crippen LogP contribution in [0.4, 0.5) is 0 Å². The summed E-state index contributed by atoms with van der Waals surface area (Å²) in [4.78, 5) is 13.6. The number of carbonyl (C=O) groups is 1. The summed E-state index contributed by atoms with van der Waals surface area (Å²) in [5.74, 6) is 1.36. The van der Waals surface area contributed by atoms with Crippen LogP contribution in [0.2, 0.25) is 0 Å². The van der Waals surface area contributed by atoms with Crippen LogP contribution in [-0.4, -0.2) is 40.6 Å². The number of carboxylic acids is 1. The van der Waals surface area contributed by atoms with Crippen molar-refractivity contribution in [2.45, 2.75) is 19.4 Å². The summed E-state index contributed by atoms with van der Waals surface area (Å²) in [6.45, 7) is 3.83. The first-order chi connectivity index (χ1) is 8.74. The molecule has 0 aromatic heterocycles. The molecule has 0 aliphatic carbocycles. The molecule has 0 saturated heterocycles. The Bertz CT molecular complexity index is 422. The summed E-state index contributed by atoms with van der Waals surface area (Å²) in [6.07, 6.45) is 0.955. The van der Waals surface area contributed by atoms with Gasteiger partial charge in [0, 0.05) is 18.8 Å². The van der Waals surface area contributed by atoms with Crippen molar-refractivity contribution in [2.75, 3.05) is 24.6 Å². The number of hydrogen-bond acceptors (Lipinski definition) is 3. The normalized spacial score (nSPS) is 19.5. The van der Waals surface area contributed by atoms with E-state index in [1.54, 1.807) is 0 Å². The molecule has 3 nitrogen and oxygen atoms in total. The summed E-state index contributed by atoms with van der Waals surface area (Å²) in [7, 11) is 0. The van der Waals surface area contributed by atoms with E-state index in [1.165, 1.54) is 5.56 Å². The van der Waals surface area contributed by atoms with Crippen molar-refractivity contribution in [1.82, 2.24) is 4.90 Å². The van der Waals surface area contributed by atoms with Gasteiger partial charge in [-0.25, -0.2) is 0 Å². The Morgan fingerprint density at radius 3 is 3.00 bits per heavy atom. The van der Waals surface area contributed by atoms with Gasteiger partial charge in [-0.1, -0.05) is 31.2 Å². The maximum atomic E-state index is 11.5. The van der Waals surface area contributed by atoms with Gasteiger partial charge >= 0.3 is 5.97 Å². The van der Waals surface area contributed by atoms with Crippen LogP contribution in [0.25, 0.3) is 0 Å². The lowest BCUT2D eigenvalue weighted by molar-refractivity contribution is -0.143. The van der Waals surface area contributed by atoms with Crippen molar-refractivity contribution in [1.29, 1.82) is 0 Å². The lowest BCUT2D eigenvalue weighted by Crippen LogP contribution is -2.40. The second-order valence-electron chi connectivity index (χ2n) is 4.42. The van der Waals surface area contributed by atoms with Crippen molar-refractivity contribution >= 4 is 17.7 Å². The summed E-state index contributed by atoms with van der Waals surface area (Å²) in [6, 6.07) is 7.45. The first-order valence-electron chi connectivity index (χ1n) is 6.36. The van der Waals surface area contributed by atoms with E-state index in [-0.39, 0.29) is 0 Å². The van der Waals surface area contributed by atoms with Gasteiger partial charge in [0.15, 0.2) is 0 Å². The van der Waals surface area contributed by atoms with Crippen molar-refractivity contribution < 1.29 is 9.90 Å². The quantitative estimate of drug-likeness (QED) is 0.830. The van der Waals surface area contributed by atoms with Crippen molar-refractivity contribution in [3.8, 4) is 0 Å². The second kappa shape index (κ2) is 6.25. The summed E-state index contributed by atoms with van der Waals surface area (Å²) >= 11 is 1.86. The number of nitrogens with zero attached hydrogens (tertiary/aromatic N) is 1. The molecule has 0 radical (unpaired) electrons. The second-order valence-corrected chi connectivity index (χ2v) is 5.82. The van der Waals surface area contributed by atoms with Crippen LogP contribution in [0.1, 0.15) is 24.1 Å². The largest absolute Gasteiger partial charge is 0.480 e. The van der Waals surface area contributed by atoms with E-state index < -0.39 is 12.0 Å². The van der Waals surface area contributed by atoms with Gasteiger partial charge in [0.1, 0.15) is 6.04 Å². The lowest BCUT2D eigenvalue weighted by Gasteiger charge is -2.34. The molecule has 4 heteroatoms. The van der Waals surface area contributed by atoms with E-state index >= 15 is 0 Å². The summed E-state index contributed by atoms with van der Waals surface area (Å²) < 4.78 is 0. The number of benzene rings is 1. The highest BCUT2D eigenvalue weighted by atomic mass is 32.2. The lowest BCUT2D eigenvalue weighted by atomic mass is 9.93. The maximum absolute atomic E-state index is 11.5. The van der Waals surface area contributed by atoms with E-state index in [0.29, 0.717) is 0 Å². The van der Waals surface area contributed by atoms with Crippen LogP contribution in [-0.2, 0) is 11.2 Å². The molecule has 18 heavy (non-hydrogen) atoms. The highest BCUT2D eigenvalue weighted by molar-refractivity contribution is 7.99. The van der Waals surface area contributed by atoms with Gasteiger partial charge < -0.3 is 5.11 Å². The monoisotopic (exact) mass is 265 g/mol. The molecule has 98 valence electrons. The summed E-state index contributed by atoms with van der Waals surface area (Å²) in [5, 5.41) is 9.46. The molecule has 1 N–H and O–H groups in total. The van der Waals surface area contributed by atoms with Crippen LogP contribution >= 0.6 is 11.8 Å². The molecular weight excluding hydrogens is 246 g/mol. The molecule has 0 amide bonds. The molecule has 1 aliphatic rings. The Hall–Kier alpha value is -1.00. The van der Waals surface area contributed by atoms with Crippen molar-refractivity contribution in [3.63, 3.8) is 0 Å². The number of carboxylic acid groups (broad SMARTS) is 1. The maximum Gasteiger partial charge on any atom is 0.325 e. The minimum absolute atomic E-state index is 0.465. The third-order valence-electron chi connectivity index (χ3n) is 3.34. The third kappa shape index (κ3) is 2.87. The van der Waals surface area contributed by atoms with E-state index in [9.17, 15) is 9.90 Å². The standard InChI is InChI=1S/C14H19NO2S/c1-2-18-10-9-15-8-7-11-5-3-4-6-12(11)13(15)14(16)17/h3-6,13H,2,7-10H2,1H3,(H,16,17). The predicted octanol–water partition coefficient (Wildman–Crippen LogP) is 2.42. The Kier molecular flexibility index (Phi) is 4.66. The van der Waals surface area contributed by atoms with E-state index in [2.05, 4.69) is 11.8 Å². The molecule has 0 spiro atoms. The molecule has 1 aliphatic heterocycles. The molecule has 2 rings (SSSR count). The molecule has 1 aromatic carbocycles. The molecule has 0 fully saturated rings. The van der Waals surface area contributed by atoms with E-state index in [4.69, 9.17) is 0 Å². The zero-order chi connectivity index (χ0) is 13.0. The molecule has 0 bridgehead atoms. The van der Waals surface area contributed by atoms with E-state index in [0.717, 1.165) is 36.6 Å². The van der Waals surface area contributed by atoms with Gasteiger partial charge in [-0.3, -0.25) is 9.69 Å². The molecule has 1 atom stereocenters. The first-order valence-corrected chi connectivity index (χ1v) is 7.52. The van der Waals surface area contributed by atoms with E-state index in [1.807, 2.05) is 36.0 Å². The fraction of sp³-hybridized carbons (Fsp3) is 0.500. The smallest absolute Gasteiger partial charge is 0.325 e. The van der Waals surface area contributed by atoms with Gasteiger partial charge in [0.05, 0.1) is 0 Å². The van der Waals surface area contributed by atoms with Gasteiger partial charge in [-0.2, -0.15) is 11.8 Å². The van der Waals surface area contributed by atoms with Crippen molar-refractivity contribution in [3.05, 3.63) is 35.4 Å². The topological polar surface area (TPSA) is 40.5 Å². The van der Waals surface area contributed by atoms with Crippen LogP contribution in [0.15, 0.2) is 24.3 Å². The summed E-state index contributed by atoms with van der Waals surface area (Å²) in [5.41, 5.74) is 2.15. The van der Waals surface area contributed by atoms with Gasteiger partial charge in [0.2, 0.25) is 0 Å². The van der Waals surface area contributed by atoms with Crippen LogP contribution in [0.5, 0.6) is 0 Å². The Labute approximate surface area is 112 Å². The average molecular weight is 265 g/mol. The third-order valence-corrected chi connectivity index (χ3v) is 4.22. The SMILES string of the molecule is CCSCCN1CCc2ccccc2C1C(=O)O. The zero-order valence-corrected chi connectivity index (χ0v) is 11.4. The van der Waals surface area contributed by atoms with Crippen LogP contribution < -0.4 is 0 Å².